The van der Waals surface area contributed by atoms with Crippen molar-refractivity contribution in [3.63, 3.8) is 0 Å². The minimum Gasteiger partial charge on any atom is -1.00 e. The van der Waals surface area contributed by atoms with Gasteiger partial charge in [-0.15, -0.1) is 0 Å². The Labute approximate surface area is 339 Å². The van der Waals surface area contributed by atoms with Gasteiger partial charge in [0, 0.05) is 0 Å². The SMILES string of the molecule is Cc1ccc(C2=Cc3c(-c4ccc(C(C)(C)C)cc4)cccc3[CH]2[Hf+2][CH]2C(c3ccc(C)o3)=Cc3c(-c4ccc(C(C)(C)C)cc4)cccc32)o1.[Cl-].[Cl-]. The van der Waals surface area contributed by atoms with E-state index in [9.17, 15) is 0 Å². The molecule has 2 aliphatic rings. The van der Waals surface area contributed by atoms with Crippen molar-refractivity contribution in [3.8, 4) is 22.3 Å². The van der Waals surface area contributed by atoms with Gasteiger partial charge in [-0.2, -0.15) is 0 Å². The van der Waals surface area contributed by atoms with Crippen LogP contribution in [-0.4, -0.2) is 0 Å². The third-order valence-corrected chi connectivity index (χ3v) is 17.5. The Morgan fingerprint density at radius 2 is 0.849 bits per heavy atom. The molecule has 0 radical (unpaired) electrons. The first-order chi connectivity index (χ1) is 24.3. The smallest absolute Gasteiger partial charge is 1.00 e. The van der Waals surface area contributed by atoms with E-state index in [2.05, 4.69) is 163 Å². The number of allylic oxidation sites excluding steroid dienone is 2. The van der Waals surface area contributed by atoms with Crippen molar-refractivity contribution in [1.29, 1.82) is 0 Å². The van der Waals surface area contributed by atoms with Crippen molar-refractivity contribution < 1.29 is 56.6 Å². The van der Waals surface area contributed by atoms with Crippen LogP contribution >= 0.6 is 0 Å². The minimum absolute atomic E-state index is 0. The predicted octanol–water partition coefficient (Wildman–Crippen LogP) is 7.40. The summed E-state index contributed by atoms with van der Waals surface area (Å²) in [5.74, 6) is 3.90. The van der Waals surface area contributed by atoms with Crippen molar-refractivity contribution in [2.75, 3.05) is 0 Å². The molecular formula is C48H46Cl2HfO2. The van der Waals surface area contributed by atoms with Gasteiger partial charge in [-0.25, -0.2) is 0 Å². The van der Waals surface area contributed by atoms with Gasteiger partial charge in [0.05, 0.1) is 0 Å². The normalized spacial score (nSPS) is 16.2. The van der Waals surface area contributed by atoms with Crippen LogP contribution in [0.1, 0.15) is 105 Å². The molecule has 53 heavy (non-hydrogen) atoms. The van der Waals surface area contributed by atoms with E-state index >= 15 is 0 Å². The number of fused-ring (bicyclic) bond motifs is 2. The molecule has 2 heterocycles. The summed E-state index contributed by atoms with van der Waals surface area (Å²) in [6.07, 6.45) is 4.89. The third kappa shape index (κ3) is 7.42. The summed E-state index contributed by atoms with van der Waals surface area (Å²) < 4.78 is 13.5. The third-order valence-electron chi connectivity index (χ3n) is 10.6. The minimum atomic E-state index is -1.64. The molecule has 0 saturated heterocycles. The molecule has 0 fully saturated rings. The maximum Gasteiger partial charge on any atom is -1.00 e. The van der Waals surface area contributed by atoms with Crippen LogP contribution in [0.2, 0.25) is 0 Å². The van der Waals surface area contributed by atoms with Crippen molar-refractivity contribution in [3.05, 3.63) is 166 Å². The molecule has 0 bridgehead atoms. The van der Waals surface area contributed by atoms with Gasteiger partial charge in [0.2, 0.25) is 0 Å². The van der Waals surface area contributed by atoms with E-state index in [1.165, 1.54) is 66.8 Å². The molecule has 0 aliphatic heterocycles. The van der Waals surface area contributed by atoms with Gasteiger partial charge in [-0.05, 0) is 0 Å². The van der Waals surface area contributed by atoms with Gasteiger partial charge in [0.25, 0.3) is 0 Å². The Kier molecular flexibility index (Phi) is 11.0. The molecule has 8 rings (SSSR count). The molecule has 0 N–H and O–H groups in total. The van der Waals surface area contributed by atoms with E-state index < -0.39 is 22.9 Å². The number of furan rings is 2. The molecule has 2 nitrogen and oxygen atoms in total. The van der Waals surface area contributed by atoms with Gasteiger partial charge in [-0.3, -0.25) is 0 Å². The van der Waals surface area contributed by atoms with Crippen LogP contribution in [0.25, 0.3) is 45.6 Å². The summed E-state index contributed by atoms with van der Waals surface area (Å²) in [7, 11) is 0. The standard InChI is InChI=1S/2C24H23O.2ClH.Hf/c2*1-16-8-13-23(25-16)19-14-18-6-5-7-21(22(18)15-19)17-9-11-20(12-10-17)24(2,3)4;;;/h2*5-15H,1-4H3;2*1H;/q;;;;+2/p-2. The van der Waals surface area contributed by atoms with Crippen LogP contribution < -0.4 is 24.8 Å². The summed E-state index contributed by atoms with van der Waals surface area (Å²) in [6, 6.07) is 40.8. The van der Waals surface area contributed by atoms with Crippen LogP contribution in [0.15, 0.2) is 118 Å². The molecule has 268 valence electrons. The van der Waals surface area contributed by atoms with Crippen molar-refractivity contribution in [1.82, 2.24) is 0 Å². The summed E-state index contributed by atoms with van der Waals surface area (Å²) >= 11 is -1.64. The van der Waals surface area contributed by atoms with Crippen LogP contribution in [0.4, 0.5) is 0 Å². The second-order valence-corrected chi connectivity index (χ2v) is 21.7. The van der Waals surface area contributed by atoms with Gasteiger partial charge in [0.15, 0.2) is 0 Å². The fraction of sp³-hybridized carbons (Fsp3) is 0.250. The summed E-state index contributed by atoms with van der Waals surface area (Å²) in [4.78, 5) is 0. The fourth-order valence-corrected chi connectivity index (χ4v) is 14.9. The molecule has 0 spiro atoms. The first kappa shape index (κ1) is 39.1. The van der Waals surface area contributed by atoms with E-state index in [0.29, 0.717) is 7.35 Å². The Balaban J connectivity index is 0.00000240. The molecule has 6 aromatic rings. The monoisotopic (exact) mass is 904 g/mol. The van der Waals surface area contributed by atoms with Crippen LogP contribution in [-0.2, 0) is 33.7 Å². The molecule has 2 aromatic heterocycles. The van der Waals surface area contributed by atoms with Gasteiger partial charge < -0.3 is 24.8 Å². The van der Waals surface area contributed by atoms with E-state index in [4.69, 9.17) is 8.83 Å². The molecular weight excluding hydrogens is 858 g/mol. The summed E-state index contributed by atoms with van der Waals surface area (Å²) in [6.45, 7) is 17.8. The van der Waals surface area contributed by atoms with Gasteiger partial charge in [0.1, 0.15) is 0 Å². The summed E-state index contributed by atoms with van der Waals surface area (Å²) in [5, 5.41) is 0. The Hall–Kier alpha value is -3.63. The first-order valence-corrected chi connectivity index (χ1v) is 22.3. The van der Waals surface area contributed by atoms with Gasteiger partial charge in [-0.1, -0.05) is 0 Å². The Bertz CT molecular complexity index is 2160. The maximum atomic E-state index is 6.42. The van der Waals surface area contributed by atoms with E-state index in [1.54, 1.807) is 0 Å². The molecule has 2 atom stereocenters. The molecule has 4 aromatic carbocycles. The van der Waals surface area contributed by atoms with E-state index in [1.807, 2.05) is 13.8 Å². The van der Waals surface area contributed by atoms with Crippen LogP contribution in [0, 0.1) is 13.8 Å². The number of hydrogen-bond donors (Lipinski definition) is 0. The zero-order valence-electron chi connectivity index (χ0n) is 31.8. The largest absolute Gasteiger partial charge is 1.00 e. The van der Waals surface area contributed by atoms with E-state index in [0.717, 1.165) is 23.0 Å². The summed E-state index contributed by atoms with van der Waals surface area (Å²) in [5.41, 5.74) is 16.3. The zero-order valence-corrected chi connectivity index (χ0v) is 36.9. The first-order valence-electron chi connectivity index (χ1n) is 18.2. The topological polar surface area (TPSA) is 26.3 Å². The number of halogens is 2. The van der Waals surface area contributed by atoms with E-state index in [-0.39, 0.29) is 35.6 Å². The Morgan fingerprint density at radius 1 is 0.472 bits per heavy atom. The number of rotatable bonds is 6. The van der Waals surface area contributed by atoms with Crippen molar-refractivity contribution >= 4 is 23.3 Å². The zero-order chi connectivity index (χ0) is 35.7. The van der Waals surface area contributed by atoms with Crippen LogP contribution in [0.5, 0.6) is 0 Å². The number of aryl methyl sites for hydroxylation is 2. The van der Waals surface area contributed by atoms with Crippen LogP contribution in [0.3, 0.4) is 0 Å². The number of hydrogen-bond acceptors (Lipinski definition) is 2. The second kappa shape index (κ2) is 14.9. The second-order valence-electron chi connectivity index (χ2n) is 16.3. The molecule has 0 amide bonds. The fourth-order valence-electron chi connectivity index (χ4n) is 7.74. The molecule has 2 unspecified atom stereocenters. The quantitative estimate of drug-likeness (QED) is 0.163. The molecule has 2 aliphatic carbocycles. The average Bonchev–Trinajstić information content (AvgIpc) is 3.90. The Morgan fingerprint density at radius 3 is 1.17 bits per heavy atom. The van der Waals surface area contributed by atoms with Gasteiger partial charge >= 0.3 is 316 Å². The van der Waals surface area contributed by atoms with Crippen molar-refractivity contribution in [2.24, 2.45) is 0 Å². The predicted molar refractivity (Wildman–Crippen MR) is 209 cm³/mol. The number of benzene rings is 4. The average molecular weight is 904 g/mol. The molecule has 0 saturated carbocycles. The molecule has 5 heteroatoms. The maximum absolute atomic E-state index is 6.42. The van der Waals surface area contributed by atoms with Crippen molar-refractivity contribution in [2.45, 2.75) is 73.6 Å².